The maximum absolute atomic E-state index is 11.6. The summed E-state index contributed by atoms with van der Waals surface area (Å²) in [5.74, 6) is 0.919. The second-order valence-electron chi connectivity index (χ2n) is 21.3. The fraction of sp³-hybridized carbons (Fsp3) is 0.955. The summed E-state index contributed by atoms with van der Waals surface area (Å²) >= 11 is 0. The molecule has 7 heterocycles. The van der Waals surface area contributed by atoms with Crippen LogP contribution in [0.5, 0.6) is 0 Å². The van der Waals surface area contributed by atoms with Crippen molar-refractivity contribution in [3.63, 3.8) is 0 Å². The average Bonchev–Trinajstić information content (AvgIpc) is 3.83. The fourth-order valence-corrected chi connectivity index (χ4v) is 14.2. The molecule has 7 aliphatic heterocycles. The van der Waals surface area contributed by atoms with Gasteiger partial charge in [-0.05, 0) is 68.8 Å². The average molecular weight is 885 g/mol. The Labute approximate surface area is 361 Å². The van der Waals surface area contributed by atoms with Crippen LogP contribution in [0.15, 0.2) is 12.2 Å². The molecule has 0 radical (unpaired) electrons. The van der Waals surface area contributed by atoms with Gasteiger partial charge >= 0.3 is 0 Å². The standard InChI is InChI=1S/C44H68O18/c1-20-6-11-44(54-17-20)21(2)28-24(60-44)14-27-39(28,4)9-8-26-40(5)10-7-23(15-42(40)12-13-43(26,27)62-61-42)56-37-34(59-36-32(50)31(49)29(47)22(3)55-36)33(30(48)25(16-45)57-37)58-38-35(51)41(52,18-46)19-53-38/h12-13,20-38,45-52H,6-11,14-19H2,1-5H3. The number of ether oxygens (including phenoxy) is 8. The summed E-state index contributed by atoms with van der Waals surface area (Å²) in [6, 6.07) is 0. The minimum Gasteiger partial charge on any atom is -0.394 e. The molecule has 352 valence electrons. The molecule has 25 atom stereocenters. The number of fused-ring (bicyclic) bond motifs is 4. The van der Waals surface area contributed by atoms with Crippen LogP contribution >= 0.6 is 0 Å². The lowest BCUT2D eigenvalue weighted by Gasteiger charge is -2.69. The Kier molecular flexibility index (Phi) is 11.2. The largest absolute Gasteiger partial charge is 0.394 e. The Morgan fingerprint density at radius 3 is 2.21 bits per heavy atom. The van der Waals surface area contributed by atoms with E-state index in [9.17, 15) is 40.9 Å². The van der Waals surface area contributed by atoms with E-state index in [-0.39, 0.29) is 34.7 Å². The van der Waals surface area contributed by atoms with Gasteiger partial charge in [0.2, 0.25) is 0 Å². The van der Waals surface area contributed by atoms with Gasteiger partial charge in [0.05, 0.1) is 44.7 Å². The van der Waals surface area contributed by atoms with Crippen molar-refractivity contribution in [1.82, 2.24) is 0 Å². The van der Waals surface area contributed by atoms with Crippen LogP contribution in [0.4, 0.5) is 0 Å². The first-order valence-electron chi connectivity index (χ1n) is 23.0. The van der Waals surface area contributed by atoms with Gasteiger partial charge < -0.3 is 78.7 Å². The van der Waals surface area contributed by atoms with Crippen molar-refractivity contribution in [3.8, 4) is 0 Å². The van der Waals surface area contributed by atoms with Crippen LogP contribution in [0.2, 0.25) is 0 Å². The summed E-state index contributed by atoms with van der Waals surface area (Å²) in [6.07, 6.45) is -7.67. The van der Waals surface area contributed by atoms with E-state index in [4.69, 9.17) is 47.7 Å². The van der Waals surface area contributed by atoms with Crippen molar-refractivity contribution >= 4 is 0 Å². The van der Waals surface area contributed by atoms with Crippen molar-refractivity contribution in [1.29, 1.82) is 0 Å². The first-order chi connectivity index (χ1) is 29.4. The quantitative estimate of drug-likeness (QED) is 0.117. The van der Waals surface area contributed by atoms with Crippen molar-refractivity contribution < 1.29 is 88.5 Å². The SMILES string of the molecule is CC1CCC2(OC1)OC1CC3C(C)(CCC4C35C=CC3(CC(OC6OC(CO)C(O)C(OC7OCC(O)(CO)C7O)C6OC6OC(C)C(O)C(O)C6O)CCC43C)OO5)C1C2C. The lowest BCUT2D eigenvalue weighted by molar-refractivity contribution is -0.499. The zero-order valence-electron chi connectivity index (χ0n) is 36.3. The minimum atomic E-state index is -2.06. The number of rotatable bonds is 8. The summed E-state index contributed by atoms with van der Waals surface area (Å²) in [4.78, 5) is 13.4. The number of aliphatic hydroxyl groups is 8. The van der Waals surface area contributed by atoms with E-state index in [0.717, 1.165) is 38.7 Å². The Hall–Kier alpha value is -0.980. The molecule has 11 aliphatic rings. The molecule has 0 amide bonds. The van der Waals surface area contributed by atoms with E-state index < -0.39 is 122 Å². The third kappa shape index (κ3) is 6.34. The van der Waals surface area contributed by atoms with Crippen LogP contribution in [0.25, 0.3) is 0 Å². The van der Waals surface area contributed by atoms with E-state index in [1.54, 1.807) is 0 Å². The summed E-state index contributed by atoms with van der Waals surface area (Å²) in [7, 11) is 0. The highest BCUT2D eigenvalue weighted by Crippen LogP contribution is 2.75. The maximum Gasteiger partial charge on any atom is 0.187 e. The Morgan fingerprint density at radius 2 is 1.53 bits per heavy atom. The first-order valence-corrected chi connectivity index (χ1v) is 23.0. The lowest BCUT2D eigenvalue weighted by Crippen LogP contribution is -2.73. The lowest BCUT2D eigenvalue weighted by atomic mass is 9.42. The monoisotopic (exact) mass is 884 g/mol. The highest BCUT2D eigenvalue weighted by Gasteiger charge is 2.78. The number of hydrogen-bond donors (Lipinski definition) is 8. The van der Waals surface area contributed by atoms with E-state index in [1.807, 2.05) is 0 Å². The molecule has 8 N–H and O–H groups in total. The van der Waals surface area contributed by atoms with Crippen molar-refractivity contribution in [2.45, 2.75) is 195 Å². The van der Waals surface area contributed by atoms with Gasteiger partial charge in [0.1, 0.15) is 65.6 Å². The normalized spacial score (nSPS) is 60.4. The third-order valence-corrected chi connectivity index (χ3v) is 18.0. The molecule has 25 unspecified atom stereocenters. The van der Waals surface area contributed by atoms with Gasteiger partial charge in [0.25, 0.3) is 0 Å². The molecule has 2 bridgehead atoms. The highest BCUT2D eigenvalue weighted by atomic mass is 17.2. The molecule has 9 fully saturated rings. The molecule has 0 aromatic carbocycles. The zero-order chi connectivity index (χ0) is 43.9. The van der Waals surface area contributed by atoms with Gasteiger partial charge in [-0.1, -0.05) is 33.8 Å². The van der Waals surface area contributed by atoms with Gasteiger partial charge in [-0.25, -0.2) is 9.78 Å². The number of aliphatic hydroxyl groups excluding tert-OH is 7. The number of hydrogen-bond acceptors (Lipinski definition) is 18. The van der Waals surface area contributed by atoms with Gasteiger partial charge in [-0.3, -0.25) is 0 Å². The summed E-state index contributed by atoms with van der Waals surface area (Å²) in [6.45, 7) is 9.50. The highest BCUT2D eigenvalue weighted by molar-refractivity contribution is 5.34. The molecule has 3 spiro atoms. The van der Waals surface area contributed by atoms with E-state index in [2.05, 4.69) is 39.8 Å². The summed E-state index contributed by atoms with van der Waals surface area (Å²) in [5, 5.41) is 85.4. The van der Waals surface area contributed by atoms with Crippen LogP contribution in [-0.2, 0) is 47.7 Å². The van der Waals surface area contributed by atoms with Crippen molar-refractivity contribution in [2.24, 2.45) is 40.4 Å². The second-order valence-corrected chi connectivity index (χ2v) is 21.3. The molecule has 11 rings (SSSR count). The first kappa shape index (κ1) is 44.8. The third-order valence-electron chi connectivity index (χ3n) is 18.0. The molecular formula is C44H68O18. The van der Waals surface area contributed by atoms with Gasteiger partial charge in [0, 0.05) is 36.0 Å². The molecule has 0 aromatic heterocycles. The van der Waals surface area contributed by atoms with E-state index in [0.29, 0.717) is 31.1 Å². The maximum atomic E-state index is 11.6. The Balaban J connectivity index is 0.908. The van der Waals surface area contributed by atoms with Crippen LogP contribution in [0.1, 0.15) is 86.0 Å². The van der Waals surface area contributed by atoms with Crippen LogP contribution in [0.3, 0.4) is 0 Å². The van der Waals surface area contributed by atoms with Crippen LogP contribution < -0.4 is 0 Å². The fourth-order valence-electron chi connectivity index (χ4n) is 14.2. The van der Waals surface area contributed by atoms with Gasteiger partial charge in [0.15, 0.2) is 24.7 Å². The minimum absolute atomic E-state index is 0.0458. The second kappa shape index (κ2) is 15.5. The Bertz CT molecular complexity index is 1700. The zero-order valence-corrected chi connectivity index (χ0v) is 36.3. The predicted molar refractivity (Wildman–Crippen MR) is 209 cm³/mol. The van der Waals surface area contributed by atoms with Crippen LogP contribution in [0, 0.1) is 40.4 Å². The molecular weight excluding hydrogens is 816 g/mol. The smallest absolute Gasteiger partial charge is 0.187 e. The molecule has 62 heavy (non-hydrogen) atoms. The van der Waals surface area contributed by atoms with E-state index in [1.165, 1.54) is 6.92 Å². The van der Waals surface area contributed by atoms with Gasteiger partial charge in [-0.2, -0.15) is 0 Å². The van der Waals surface area contributed by atoms with E-state index >= 15 is 0 Å². The van der Waals surface area contributed by atoms with Crippen molar-refractivity contribution in [2.75, 3.05) is 26.4 Å². The molecule has 4 aliphatic carbocycles. The summed E-state index contributed by atoms with van der Waals surface area (Å²) < 4.78 is 50.1. The topological polar surface area (TPSA) is 254 Å². The molecule has 18 heteroatoms. The van der Waals surface area contributed by atoms with Crippen LogP contribution in [-0.4, -0.2) is 176 Å². The predicted octanol–water partition coefficient (Wildman–Crippen LogP) is -0.0823. The molecule has 6 saturated heterocycles. The Morgan fingerprint density at radius 1 is 0.758 bits per heavy atom. The molecule has 3 saturated carbocycles. The van der Waals surface area contributed by atoms with Gasteiger partial charge in [-0.15, -0.1) is 0 Å². The molecule has 0 aromatic rings. The molecule has 18 nitrogen and oxygen atoms in total. The summed E-state index contributed by atoms with van der Waals surface area (Å²) in [5.41, 5.74) is -3.95. The van der Waals surface area contributed by atoms with Crippen molar-refractivity contribution in [3.05, 3.63) is 12.2 Å².